The van der Waals surface area contributed by atoms with Gasteiger partial charge in [-0.2, -0.15) is 0 Å². The van der Waals surface area contributed by atoms with Crippen LogP contribution in [-0.4, -0.2) is 6.61 Å². The SMILES string of the molecule is C=CCCOc1ccc(-c2ccc(OCc3ccc(C4CCC(C)CC4)c(F)c3F)cc2)c(F)c1. The second kappa shape index (κ2) is 11.5. The molecule has 184 valence electrons. The lowest BCUT2D eigenvalue weighted by molar-refractivity contribution is 0.295. The van der Waals surface area contributed by atoms with E-state index in [1.165, 1.54) is 6.07 Å². The van der Waals surface area contributed by atoms with Crippen molar-refractivity contribution >= 4 is 0 Å². The van der Waals surface area contributed by atoms with Gasteiger partial charge in [0, 0.05) is 17.2 Å². The molecule has 0 heterocycles. The van der Waals surface area contributed by atoms with Gasteiger partial charge in [0.05, 0.1) is 6.61 Å². The molecule has 0 aliphatic heterocycles. The fourth-order valence-electron chi connectivity index (χ4n) is 4.57. The highest BCUT2D eigenvalue weighted by Crippen LogP contribution is 2.37. The van der Waals surface area contributed by atoms with Crippen molar-refractivity contribution in [3.63, 3.8) is 0 Å². The minimum atomic E-state index is -0.838. The van der Waals surface area contributed by atoms with Crippen LogP contribution in [0.2, 0.25) is 0 Å². The van der Waals surface area contributed by atoms with Gasteiger partial charge in [0.2, 0.25) is 0 Å². The molecule has 1 aliphatic rings. The Balaban J connectivity index is 1.39. The Morgan fingerprint density at radius 3 is 2.26 bits per heavy atom. The molecule has 0 aromatic heterocycles. The van der Waals surface area contributed by atoms with Crippen molar-refractivity contribution in [3.8, 4) is 22.6 Å². The predicted molar refractivity (Wildman–Crippen MR) is 133 cm³/mol. The summed E-state index contributed by atoms with van der Waals surface area (Å²) >= 11 is 0. The Bertz CT molecular complexity index is 1150. The fraction of sp³-hybridized carbons (Fsp3) is 0.333. The van der Waals surface area contributed by atoms with E-state index in [-0.39, 0.29) is 23.9 Å². The molecule has 2 nitrogen and oxygen atoms in total. The zero-order valence-electron chi connectivity index (χ0n) is 20.0. The van der Waals surface area contributed by atoms with Crippen LogP contribution in [0.15, 0.2) is 67.3 Å². The maximum Gasteiger partial charge on any atom is 0.165 e. The van der Waals surface area contributed by atoms with E-state index in [0.717, 1.165) is 25.7 Å². The van der Waals surface area contributed by atoms with Gasteiger partial charge in [-0.1, -0.05) is 50.1 Å². The Labute approximate surface area is 205 Å². The van der Waals surface area contributed by atoms with Crippen LogP contribution in [0.3, 0.4) is 0 Å². The summed E-state index contributed by atoms with van der Waals surface area (Å²) in [5.41, 5.74) is 1.77. The van der Waals surface area contributed by atoms with Gasteiger partial charge in [0.15, 0.2) is 11.6 Å². The van der Waals surface area contributed by atoms with Crippen LogP contribution in [0.25, 0.3) is 11.1 Å². The highest BCUT2D eigenvalue weighted by atomic mass is 19.2. The first-order valence-corrected chi connectivity index (χ1v) is 12.2. The molecular weight excluding hydrogens is 449 g/mol. The lowest BCUT2D eigenvalue weighted by Crippen LogP contribution is -2.13. The van der Waals surface area contributed by atoms with Crippen molar-refractivity contribution in [2.24, 2.45) is 5.92 Å². The topological polar surface area (TPSA) is 18.5 Å². The minimum Gasteiger partial charge on any atom is -0.493 e. The van der Waals surface area contributed by atoms with Crippen molar-refractivity contribution < 1.29 is 22.6 Å². The third-order valence-electron chi connectivity index (χ3n) is 6.74. The van der Waals surface area contributed by atoms with E-state index in [4.69, 9.17) is 9.47 Å². The summed E-state index contributed by atoms with van der Waals surface area (Å²) in [5, 5.41) is 0. The van der Waals surface area contributed by atoms with Gasteiger partial charge in [-0.3, -0.25) is 0 Å². The first-order chi connectivity index (χ1) is 17.0. The van der Waals surface area contributed by atoms with Crippen molar-refractivity contribution in [2.45, 2.75) is 51.6 Å². The molecule has 0 atom stereocenters. The summed E-state index contributed by atoms with van der Waals surface area (Å²) in [7, 11) is 0. The largest absolute Gasteiger partial charge is 0.493 e. The van der Waals surface area contributed by atoms with Crippen LogP contribution in [-0.2, 0) is 6.61 Å². The van der Waals surface area contributed by atoms with E-state index < -0.39 is 11.6 Å². The first-order valence-electron chi connectivity index (χ1n) is 12.2. The Hall–Kier alpha value is -3.21. The standard InChI is InChI=1S/C30H31F3O2/c1-3-4-17-34-25-14-16-26(28(31)18-25)21-9-12-24(13-10-21)35-19-23-11-15-27(30(33)29(23)32)22-7-5-20(2)6-8-22/h3,9-16,18,20,22H,1,4-8,17,19H2,2H3. The summed E-state index contributed by atoms with van der Waals surface area (Å²) in [6.45, 7) is 6.19. The molecule has 0 amide bonds. The molecule has 35 heavy (non-hydrogen) atoms. The monoisotopic (exact) mass is 480 g/mol. The highest BCUT2D eigenvalue weighted by molar-refractivity contribution is 5.65. The van der Waals surface area contributed by atoms with Gasteiger partial charge in [-0.25, -0.2) is 13.2 Å². The molecule has 0 bridgehead atoms. The number of ether oxygens (including phenoxy) is 2. The number of hydrogen-bond acceptors (Lipinski definition) is 2. The molecule has 3 aromatic rings. The summed E-state index contributed by atoms with van der Waals surface area (Å²) < 4.78 is 55.3. The van der Waals surface area contributed by atoms with Crippen LogP contribution in [0.5, 0.6) is 11.5 Å². The summed E-state index contributed by atoms with van der Waals surface area (Å²) in [4.78, 5) is 0. The van der Waals surface area contributed by atoms with E-state index in [1.54, 1.807) is 54.6 Å². The molecule has 1 fully saturated rings. The zero-order chi connectivity index (χ0) is 24.8. The Kier molecular flexibility index (Phi) is 8.17. The maximum absolute atomic E-state index is 14.8. The lowest BCUT2D eigenvalue weighted by Gasteiger charge is -2.27. The third-order valence-corrected chi connectivity index (χ3v) is 6.74. The Morgan fingerprint density at radius 2 is 1.57 bits per heavy atom. The normalized spacial score (nSPS) is 17.7. The summed E-state index contributed by atoms with van der Waals surface area (Å²) in [6.07, 6.45) is 6.31. The second-order valence-electron chi connectivity index (χ2n) is 9.28. The van der Waals surface area contributed by atoms with E-state index in [1.807, 2.05) is 0 Å². The average Bonchev–Trinajstić information content (AvgIpc) is 2.86. The number of benzene rings is 3. The molecule has 0 N–H and O–H groups in total. The predicted octanol–water partition coefficient (Wildman–Crippen LogP) is 8.60. The van der Waals surface area contributed by atoms with Crippen LogP contribution >= 0.6 is 0 Å². The minimum absolute atomic E-state index is 0.0800. The molecule has 0 spiro atoms. The zero-order valence-corrected chi connectivity index (χ0v) is 20.0. The van der Waals surface area contributed by atoms with Crippen LogP contribution in [0.4, 0.5) is 13.2 Å². The molecule has 5 heteroatoms. The van der Waals surface area contributed by atoms with E-state index >= 15 is 0 Å². The molecule has 3 aromatic carbocycles. The van der Waals surface area contributed by atoms with Crippen LogP contribution in [0.1, 0.15) is 56.1 Å². The second-order valence-corrected chi connectivity index (χ2v) is 9.28. The molecule has 4 rings (SSSR count). The maximum atomic E-state index is 14.8. The van der Waals surface area contributed by atoms with Crippen molar-refractivity contribution in [1.29, 1.82) is 0 Å². The molecule has 0 radical (unpaired) electrons. The summed E-state index contributed by atoms with van der Waals surface area (Å²) in [5.74, 6) is -0.301. The molecular formula is C30H31F3O2. The van der Waals surface area contributed by atoms with E-state index in [2.05, 4.69) is 13.5 Å². The Morgan fingerprint density at radius 1 is 0.857 bits per heavy atom. The van der Waals surface area contributed by atoms with Gasteiger partial charge in [-0.05, 0) is 66.5 Å². The lowest BCUT2D eigenvalue weighted by atomic mass is 9.79. The highest BCUT2D eigenvalue weighted by Gasteiger charge is 2.24. The molecule has 1 aliphatic carbocycles. The average molecular weight is 481 g/mol. The molecule has 0 saturated heterocycles. The van der Waals surface area contributed by atoms with Gasteiger partial charge < -0.3 is 9.47 Å². The van der Waals surface area contributed by atoms with Gasteiger partial charge in [0.25, 0.3) is 0 Å². The number of halogens is 3. The smallest absolute Gasteiger partial charge is 0.165 e. The van der Waals surface area contributed by atoms with Crippen molar-refractivity contribution in [3.05, 3.63) is 95.8 Å². The van der Waals surface area contributed by atoms with Crippen molar-refractivity contribution in [1.82, 2.24) is 0 Å². The van der Waals surface area contributed by atoms with Crippen LogP contribution < -0.4 is 9.47 Å². The van der Waals surface area contributed by atoms with Crippen molar-refractivity contribution in [2.75, 3.05) is 6.61 Å². The fourth-order valence-corrected chi connectivity index (χ4v) is 4.57. The number of rotatable bonds is 9. The molecule has 0 unspecified atom stereocenters. The molecule has 1 saturated carbocycles. The summed E-state index contributed by atoms with van der Waals surface area (Å²) in [6, 6.07) is 14.9. The number of hydrogen-bond donors (Lipinski definition) is 0. The van der Waals surface area contributed by atoms with Gasteiger partial charge in [0.1, 0.15) is 23.9 Å². The van der Waals surface area contributed by atoms with Gasteiger partial charge in [-0.15, -0.1) is 6.58 Å². The van der Waals surface area contributed by atoms with Crippen LogP contribution in [0, 0.1) is 23.4 Å². The van der Waals surface area contributed by atoms with E-state index in [9.17, 15) is 13.2 Å². The quantitative estimate of drug-likeness (QED) is 0.225. The van der Waals surface area contributed by atoms with E-state index in [0.29, 0.717) is 47.1 Å². The first kappa shape index (κ1) is 24.9. The third kappa shape index (κ3) is 6.08. The van der Waals surface area contributed by atoms with Gasteiger partial charge >= 0.3 is 0 Å².